The first-order valence-electron chi connectivity index (χ1n) is 11.3. The van der Waals surface area contributed by atoms with Crippen LogP contribution in [-0.4, -0.2) is 69.3 Å². The number of hydrazone groups is 1. The van der Waals surface area contributed by atoms with Crippen molar-refractivity contribution in [3.05, 3.63) is 59.4 Å². The molecule has 0 atom stereocenters. The fourth-order valence-corrected chi connectivity index (χ4v) is 3.73. The van der Waals surface area contributed by atoms with Crippen LogP contribution in [0.5, 0.6) is 0 Å². The molecule has 194 valence electrons. The molecule has 1 aromatic carbocycles. The van der Waals surface area contributed by atoms with Crippen LogP contribution in [0.15, 0.2) is 41.6 Å². The molecule has 2 amide bonds. The van der Waals surface area contributed by atoms with Gasteiger partial charge in [0.1, 0.15) is 22.9 Å². The minimum absolute atomic E-state index is 0.0102. The largest absolute Gasteiger partial charge is 0.334 e. The second kappa shape index (κ2) is 12.2. The molecular formula is C24H34FN9O2. The smallest absolute Gasteiger partial charge is 0.272 e. The van der Waals surface area contributed by atoms with E-state index in [1.807, 2.05) is 19.4 Å². The highest BCUT2D eigenvalue weighted by Crippen LogP contribution is 2.26. The molecule has 1 aliphatic heterocycles. The lowest BCUT2D eigenvalue weighted by molar-refractivity contribution is -0.146. The number of imidazole rings is 1. The summed E-state index contributed by atoms with van der Waals surface area (Å²) >= 11 is 0. The number of hydrogen-bond acceptors (Lipinski definition) is 8. The van der Waals surface area contributed by atoms with Crippen LogP contribution in [0.25, 0.3) is 5.57 Å². The lowest BCUT2D eigenvalue weighted by Crippen LogP contribution is -2.65. The van der Waals surface area contributed by atoms with Crippen molar-refractivity contribution in [1.29, 1.82) is 5.41 Å². The first kappa shape index (κ1) is 28.3. The van der Waals surface area contributed by atoms with Crippen molar-refractivity contribution in [3.63, 3.8) is 0 Å². The molecule has 36 heavy (non-hydrogen) atoms. The first-order chi connectivity index (χ1) is 17.0. The number of aromatic nitrogens is 2. The number of amides is 2. The summed E-state index contributed by atoms with van der Waals surface area (Å²) in [6.45, 7) is 11.2. The maximum absolute atomic E-state index is 13.2. The predicted octanol–water partition coefficient (Wildman–Crippen LogP) is 1.70. The van der Waals surface area contributed by atoms with Crippen LogP contribution in [0.4, 0.5) is 4.39 Å². The Hall–Kier alpha value is -3.90. The average molecular weight is 500 g/mol. The van der Waals surface area contributed by atoms with Crippen molar-refractivity contribution < 1.29 is 14.0 Å². The van der Waals surface area contributed by atoms with E-state index in [2.05, 4.69) is 27.6 Å². The minimum atomic E-state index is -1.03. The third kappa shape index (κ3) is 6.40. The van der Waals surface area contributed by atoms with Crippen LogP contribution in [0.1, 0.15) is 49.6 Å². The second-order valence-electron chi connectivity index (χ2n) is 8.87. The first-order valence-corrected chi connectivity index (χ1v) is 11.3. The molecule has 0 aliphatic carbocycles. The van der Waals surface area contributed by atoms with Crippen molar-refractivity contribution >= 4 is 29.8 Å². The number of nitrogens with one attached hydrogen (secondary N) is 3. The molecule has 11 nitrogen and oxygen atoms in total. The van der Waals surface area contributed by atoms with E-state index in [9.17, 15) is 14.0 Å². The number of H-pyrrole nitrogens is 1. The van der Waals surface area contributed by atoms with E-state index in [1.165, 1.54) is 28.1 Å². The maximum atomic E-state index is 13.2. The fourth-order valence-electron chi connectivity index (χ4n) is 3.73. The summed E-state index contributed by atoms with van der Waals surface area (Å²) in [6.07, 6.45) is 3.11. The van der Waals surface area contributed by atoms with Gasteiger partial charge >= 0.3 is 0 Å². The van der Waals surface area contributed by atoms with Crippen LogP contribution < -0.4 is 17.1 Å². The SMILES string of the molecule is C=NNN.CC(C)/C(=C/C(=N)c1ccc(F)cc1)c1ncc(C(=O)N2CCN(CN)C(=O)C2(C)C)[nH]1. The summed E-state index contributed by atoms with van der Waals surface area (Å²) in [7, 11) is 0. The Balaban J connectivity index is 0.00000106. The Labute approximate surface area is 209 Å². The number of halogens is 1. The number of hydrazine groups is 1. The van der Waals surface area contributed by atoms with E-state index < -0.39 is 5.54 Å². The van der Waals surface area contributed by atoms with Crippen molar-refractivity contribution in [2.45, 2.75) is 33.2 Å². The Kier molecular flexibility index (Phi) is 9.59. The fraction of sp³-hybridized carbons (Fsp3) is 0.375. The van der Waals surface area contributed by atoms with E-state index in [0.29, 0.717) is 24.5 Å². The highest BCUT2D eigenvalue weighted by molar-refractivity contribution is 6.10. The zero-order valence-corrected chi connectivity index (χ0v) is 21.0. The predicted molar refractivity (Wildman–Crippen MR) is 137 cm³/mol. The van der Waals surface area contributed by atoms with Gasteiger partial charge in [-0.2, -0.15) is 5.10 Å². The summed E-state index contributed by atoms with van der Waals surface area (Å²) in [4.78, 5) is 36.4. The summed E-state index contributed by atoms with van der Waals surface area (Å²) in [6, 6.07) is 5.71. The molecular weight excluding hydrogens is 465 g/mol. The molecule has 7 N–H and O–H groups in total. The molecule has 1 saturated heterocycles. The van der Waals surface area contributed by atoms with Crippen molar-refractivity contribution in [2.24, 2.45) is 22.6 Å². The van der Waals surface area contributed by atoms with Gasteiger partial charge in [-0.1, -0.05) is 13.8 Å². The van der Waals surface area contributed by atoms with Gasteiger partial charge in [-0.25, -0.2) is 20.8 Å². The maximum Gasteiger partial charge on any atom is 0.272 e. The minimum Gasteiger partial charge on any atom is -0.334 e. The highest BCUT2D eigenvalue weighted by atomic mass is 19.1. The van der Waals surface area contributed by atoms with Crippen molar-refractivity contribution in [1.82, 2.24) is 25.3 Å². The lowest BCUT2D eigenvalue weighted by Gasteiger charge is -2.45. The molecule has 2 heterocycles. The van der Waals surface area contributed by atoms with Gasteiger partial charge in [-0.05, 0) is 61.2 Å². The molecule has 12 heteroatoms. The topological polar surface area (TPSA) is 170 Å². The number of benzene rings is 1. The van der Waals surface area contributed by atoms with Gasteiger partial charge in [0.15, 0.2) is 0 Å². The summed E-state index contributed by atoms with van der Waals surface area (Å²) in [5, 5.41) is 11.4. The molecule has 1 fully saturated rings. The summed E-state index contributed by atoms with van der Waals surface area (Å²) in [5.41, 5.74) is 8.35. The zero-order valence-electron chi connectivity index (χ0n) is 21.0. The van der Waals surface area contributed by atoms with E-state index in [4.69, 9.17) is 11.1 Å². The molecule has 1 aromatic heterocycles. The highest BCUT2D eigenvalue weighted by Gasteiger charge is 2.44. The number of nitrogens with zero attached hydrogens (tertiary/aromatic N) is 4. The molecule has 0 saturated carbocycles. The van der Waals surface area contributed by atoms with E-state index in [-0.39, 0.29) is 41.6 Å². The molecule has 0 bridgehead atoms. The Morgan fingerprint density at radius 1 is 1.36 bits per heavy atom. The number of hydrogen-bond donors (Lipinski definition) is 5. The standard InChI is InChI=1S/C23H29FN6O2.CH5N3/c1-14(2)17(11-18(26)15-5-7-16(24)8-6-15)20-27-12-19(28-20)21(31)30-10-9-29(13-25)22(32)23(30,3)4;1-3-4-2/h5-8,11-12,14,26H,9-10,13,25H2,1-4H3,(H,27,28);4H,1-2H2/b17-11-,26-18?;. The van der Waals surface area contributed by atoms with E-state index in [0.717, 1.165) is 5.57 Å². The van der Waals surface area contributed by atoms with E-state index in [1.54, 1.807) is 32.1 Å². The van der Waals surface area contributed by atoms with Gasteiger partial charge in [0, 0.05) is 19.8 Å². The van der Waals surface area contributed by atoms with Crippen LogP contribution in [0.3, 0.4) is 0 Å². The van der Waals surface area contributed by atoms with Crippen LogP contribution in [-0.2, 0) is 4.79 Å². The normalized spacial score (nSPS) is 15.3. The molecule has 2 aromatic rings. The van der Waals surface area contributed by atoms with Gasteiger partial charge in [-0.3, -0.25) is 9.59 Å². The Morgan fingerprint density at radius 2 is 1.97 bits per heavy atom. The number of piperazine rings is 1. The van der Waals surface area contributed by atoms with Gasteiger partial charge in [0.25, 0.3) is 5.91 Å². The van der Waals surface area contributed by atoms with Crippen LogP contribution >= 0.6 is 0 Å². The van der Waals surface area contributed by atoms with Crippen LogP contribution in [0, 0.1) is 17.1 Å². The quantitative estimate of drug-likeness (QED) is 0.221. The average Bonchev–Trinajstić information content (AvgIpc) is 3.34. The monoisotopic (exact) mass is 499 g/mol. The number of rotatable bonds is 7. The number of nitrogens with two attached hydrogens (primary N) is 2. The molecule has 0 unspecified atom stereocenters. The molecule has 1 aliphatic rings. The van der Waals surface area contributed by atoms with Crippen molar-refractivity contribution in [2.75, 3.05) is 19.8 Å². The van der Waals surface area contributed by atoms with Gasteiger partial charge < -0.3 is 25.9 Å². The lowest BCUT2D eigenvalue weighted by atomic mass is 9.97. The number of allylic oxidation sites excluding steroid dienone is 2. The molecule has 0 spiro atoms. The van der Waals surface area contributed by atoms with Crippen LogP contribution in [0.2, 0.25) is 0 Å². The summed E-state index contributed by atoms with van der Waals surface area (Å²) in [5.74, 6) is 4.14. The zero-order chi connectivity index (χ0) is 27.0. The van der Waals surface area contributed by atoms with Crippen molar-refractivity contribution in [3.8, 4) is 0 Å². The third-order valence-electron chi connectivity index (χ3n) is 5.79. The number of carbonyl (C=O) groups excluding carboxylic acids is 2. The van der Waals surface area contributed by atoms with Gasteiger partial charge in [0.2, 0.25) is 5.91 Å². The van der Waals surface area contributed by atoms with E-state index >= 15 is 0 Å². The van der Waals surface area contributed by atoms with Gasteiger partial charge in [0.05, 0.1) is 18.6 Å². The number of aromatic amines is 1. The Bertz CT molecular complexity index is 1120. The molecule has 3 rings (SSSR count). The second-order valence-corrected chi connectivity index (χ2v) is 8.87. The van der Waals surface area contributed by atoms with Gasteiger partial charge in [-0.15, -0.1) is 0 Å². The molecule has 0 radical (unpaired) electrons. The number of carbonyl (C=O) groups is 2. The third-order valence-corrected chi connectivity index (χ3v) is 5.79. The summed E-state index contributed by atoms with van der Waals surface area (Å²) < 4.78 is 13.2. The Morgan fingerprint density at radius 3 is 2.50 bits per heavy atom.